The molecule has 1 saturated heterocycles. The molecule has 1 heterocycles. The third kappa shape index (κ3) is 11.2. The first-order chi connectivity index (χ1) is 55.2. The van der Waals surface area contributed by atoms with E-state index in [1.165, 1.54) is 210 Å². The zero-order valence-corrected chi connectivity index (χ0v) is 70.3. The van der Waals surface area contributed by atoms with Gasteiger partial charge in [0.25, 0.3) is 0 Å². The molecule has 13 aromatic rings. The van der Waals surface area contributed by atoms with E-state index in [2.05, 4.69) is 340 Å². The van der Waals surface area contributed by atoms with Crippen molar-refractivity contribution in [2.24, 2.45) is 58.7 Å². The van der Waals surface area contributed by atoms with E-state index in [9.17, 15) is 0 Å². The lowest BCUT2D eigenvalue weighted by atomic mass is 9.43. The standard InChI is InChI=1S/C52H46.C36H43BO2.C22H21Br/c1-51(2,3)35-25-23-34(24-26-35)48-41-15-6-8-17-43(41)49(44-18-9-7-16-42(44)48)39-14-5-4-13-38(39)40-20-12-22-47-50(40)45-19-10-11-21-46(45)52(47)36-28-32-27-33(30-36)31-37(52)29-32;1-34(2,3)25-22-20-24(21-23-25)32-26-14-8-10-16-28(26)33(29-17-11-9-15-27(29)32)30-18-12-13-19-31(30)37-38-35(4,5)36(6,7)39-37;23-20-7-3-6-19-21(20)17-4-1-2-5-18(17)22(19)15-9-13-8-14(11-15)12-16(22)10-13/h4-26,32-33,36-37H,27-31H2,1-3H3;8-19,24-25H,20-23H2,1-7H3;1-7,13-16H,8-12H2. The van der Waals surface area contributed by atoms with Crippen molar-refractivity contribution in [1.29, 1.82) is 0 Å². The van der Waals surface area contributed by atoms with E-state index in [0.29, 0.717) is 16.7 Å². The molecule has 0 unspecified atom stereocenters. The lowest BCUT2D eigenvalue weighted by molar-refractivity contribution is -0.0399. The molecule has 25 rings (SSSR count). The normalized spacial score (nSPS) is 26.7. The largest absolute Gasteiger partial charge is 0.495 e. The van der Waals surface area contributed by atoms with Crippen LogP contribution in [0.3, 0.4) is 0 Å². The van der Waals surface area contributed by atoms with E-state index in [1.807, 2.05) is 0 Å². The minimum absolute atomic E-state index is 0.115. The van der Waals surface area contributed by atoms with Crippen molar-refractivity contribution in [3.63, 3.8) is 0 Å². The zero-order valence-electron chi connectivity index (χ0n) is 68.7. The molecular formula is C110H110BBrO2. The average molecular weight is 1550 g/mol. The van der Waals surface area contributed by atoms with Crippen molar-refractivity contribution in [2.75, 3.05) is 0 Å². The topological polar surface area (TPSA) is 18.5 Å². The molecule has 9 saturated carbocycles. The summed E-state index contributed by atoms with van der Waals surface area (Å²) in [5.41, 5.74) is 27.2. The fourth-order valence-electron chi connectivity index (χ4n) is 26.4. The highest BCUT2D eigenvalue weighted by Gasteiger charge is 2.64. The molecule has 0 atom stereocenters. The maximum Gasteiger partial charge on any atom is 0.495 e. The Balaban J connectivity index is 0.000000115. The summed E-state index contributed by atoms with van der Waals surface area (Å²) in [6.45, 7) is 22.6. The Morgan fingerprint density at radius 2 is 0.675 bits per heavy atom. The molecule has 572 valence electrons. The first kappa shape index (κ1) is 73.0. The first-order valence-electron chi connectivity index (χ1n) is 43.8. The van der Waals surface area contributed by atoms with Crippen molar-refractivity contribution in [3.8, 4) is 66.8 Å². The van der Waals surface area contributed by atoms with Gasteiger partial charge in [0.05, 0.1) is 11.2 Å². The van der Waals surface area contributed by atoms with E-state index in [1.54, 1.807) is 27.8 Å². The highest BCUT2D eigenvalue weighted by Crippen LogP contribution is 2.72. The molecular weight excluding hydrogens is 1440 g/mol. The van der Waals surface area contributed by atoms with Gasteiger partial charge >= 0.3 is 7.12 Å². The van der Waals surface area contributed by atoms with Crippen LogP contribution in [0.4, 0.5) is 0 Å². The summed E-state index contributed by atoms with van der Waals surface area (Å²) >= 11 is 3.87. The van der Waals surface area contributed by atoms with E-state index < -0.39 is 7.12 Å². The second-order valence-corrected chi connectivity index (χ2v) is 40.9. The number of hydrogen-bond donors (Lipinski definition) is 0. The third-order valence-electron chi connectivity index (χ3n) is 31.6. The molecule has 2 spiro atoms. The number of fused-ring (bicyclic) bond motifs is 10. The van der Waals surface area contributed by atoms with Crippen LogP contribution >= 0.6 is 15.9 Å². The second kappa shape index (κ2) is 27.2. The Morgan fingerprint density at radius 3 is 1.15 bits per heavy atom. The molecule has 0 amide bonds. The van der Waals surface area contributed by atoms with Gasteiger partial charge in [-0.2, -0.15) is 0 Å². The molecule has 8 bridgehead atoms. The maximum atomic E-state index is 6.57. The van der Waals surface area contributed by atoms with Crippen LogP contribution in [0.2, 0.25) is 0 Å². The molecule has 10 fully saturated rings. The van der Waals surface area contributed by atoms with Gasteiger partial charge < -0.3 is 9.31 Å². The van der Waals surface area contributed by atoms with Crippen LogP contribution in [-0.2, 0) is 25.6 Å². The number of halogens is 1. The van der Waals surface area contributed by atoms with E-state index in [-0.39, 0.29) is 22.0 Å². The van der Waals surface area contributed by atoms with Crippen LogP contribution in [0.25, 0.3) is 110 Å². The Hall–Kier alpha value is -8.64. The summed E-state index contributed by atoms with van der Waals surface area (Å²) < 4.78 is 14.4. The van der Waals surface area contributed by atoms with Crippen LogP contribution in [0.15, 0.2) is 259 Å². The molecule has 4 heteroatoms. The molecule has 12 aliphatic rings. The quantitative estimate of drug-likeness (QED) is 0.122. The van der Waals surface area contributed by atoms with Crippen LogP contribution in [-0.4, -0.2) is 18.3 Å². The Morgan fingerprint density at radius 1 is 0.316 bits per heavy atom. The second-order valence-electron chi connectivity index (χ2n) is 40.0. The van der Waals surface area contributed by atoms with E-state index in [4.69, 9.17) is 9.31 Å². The summed E-state index contributed by atoms with van der Waals surface area (Å²) in [5, 5.41) is 10.7. The van der Waals surface area contributed by atoms with Crippen LogP contribution in [0, 0.1) is 58.7 Å². The number of rotatable bonds is 6. The van der Waals surface area contributed by atoms with Crippen molar-refractivity contribution >= 4 is 71.6 Å². The third-order valence-corrected chi connectivity index (χ3v) is 32.3. The molecule has 0 N–H and O–H groups in total. The van der Waals surface area contributed by atoms with Gasteiger partial charge in [-0.05, 0) is 337 Å². The van der Waals surface area contributed by atoms with Gasteiger partial charge in [0.1, 0.15) is 0 Å². The van der Waals surface area contributed by atoms with Crippen LogP contribution < -0.4 is 5.46 Å². The highest BCUT2D eigenvalue weighted by atomic mass is 79.9. The smallest absolute Gasteiger partial charge is 0.399 e. The summed E-state index contributed by atoms with van der Waals surface area (Å²) in [6.07, 6.45) is 19.6. The molecule has 114 heavy (non-hydrogen) atoms. The van der Waals surface area contributed by atoms with Gasteiger partial charge in [-0.3, -0.25) is 0 Å². The van der Waals surface area contributed by atoms with Crippen LogP contribution in [0.1, 0.15) is 198 Å². The fourth-order valence-corrected chi connectivity index (χ4v) is 27.0. The lowest BCUT2D eigenvalue weighted by Crippen LogP contribution is -2.55. The molecule has 2 nitrogen and oxygen atoms in total. The minimum Gasteiger partial charge on any atom is -0.399 e. The highest BCUT2D eigenvalue weighted by molar-refractivity contribution is 9.10. The lowest BCUT2D eigenvalue weighted by Gasteiger charge is -2.61. The SMILES string of the molecule is Brc1cccc2c1-c1ccccc1C21C2CC3CC(C2)CC1C3.CC(C)(C)C1CCC(c2c3ccccc3c(-c3ccccc3B3OC(C)(C)C(C)(C)O3)c3ccccc23)CC1.CC(C)(C)c1ccc(-c2c3ccccc3c(-c3ccccc3-c3cccc4c3-c3ccccc3C43C4CC5CC(C4)CC3C5)c3ccccc23)cc1. The van der Waals surface area contributed by atoms with Crippen molar-refractivity contribution in [1.82, 2.24) is 0 Å². The average Bonchev–Trinajstić information content (AvgIpc) is 1.50. The van der Waals surface area contributed by atoms with Gasteiger partial charge in [0, 0.05) is 20.9 Å². The summed E-state index contributed by atoms with van der Waals surface area (Å²) in [6, 6.07) is 96.9. The van der Waals surface area contributed by atoms with Crippen molar-refractivity contribution in [3.05, 3.63) is 293 Å². The van der Waals surface area contributed by atoms with E-state index >= 15 is 0 Å². The maximum absolute atomic E-state index is 6.57. The number of benzene rings is 13. The van der Waals surface area contributed by atoms with Crippen molar-refractivity contribution in [2.45, 2.75) is 192 Å². The molecule has 0 radical (unpaired) electrons. The van der Waals surface area contributed by atoms with E-state index in [0.717, 1.165) is 58.7 Å². The summed E-state index contributed by atoms with van der Waals surface area (Å²) in [7, 11) is -0.406. The Bertz CT molecular complexity index is 5800. The monoisotopic (exact) mass is 1550 g/mol. The summed E-state index contributed by atoms with van der Waals surface area (Å²) in [5.74, 6) is 8.57. The summed E-state index contributed by atoms with van der Waals surface area (Å²) in [4.78, 5) is 0. The van der Waals surface area contributed by atoms with Crippen LogP contribution in [0.5, 0.6) is 0 Å². The Kier molecular flexibility index (Phi) is 17.4. The van der Waals surface area contributed by atoms with Crippen molar-refractivity contribution < 1.29 is 9.31 Å². The molecule has 1 aliphatic heterocycles. The number of hydrogen-bond acceptors (Lipinski definition) is 2. The first-order valence-corrected chi connectivity index (χ1v) is 44.6. The van der Waals surface area contributed by atoms with Gasteiger partial charge in [0.2, 0.25) is 0 Å². The van der Waals surface area contributed by atoms with Gasteiger partial charge in [-0.25, -0.2) is 0 Å². The fraction of sp³-hybridized carbons (Fsp3) is 0.364. The molecule has 13 aromatic carbocycles. The predicted octanol–water partition coefficient (Wildman–Crippen LogP) is 29.5. The Labute approximate surface area is 686 Å². The predicted molar refractivity (Wildman–Crippen MR) is 484 cm³/mol. The molecule has 0 aromatic heterocycles. The van der Waals surface area contributed by atoms with Gasteiger partial charge in [-0.15, -0.1) is 0 Å². The van der Waals surface area contributed by atoms with Gasteiger partial charge in [-0.1, -0.05) is 306 Å². The zero-order chi connectivity index (χ0) is 77.5. The minimum atomic E-state index is -0.406. The molecule has 11 aliphatic carbocycles. The van der Waals surface area contributed by atoms with Gasteiger partial charge in [0.15, 0.2) is 0 Å².